The molecule has 6 nitrogen and oxygen atoms in total. The molecule has 0 fully saturated rings. The average Bonchev–Trinajstić information content (AvgIpc) is 2.77. The van der Waals surface area contributed by atoms with Gasteiger partial charge in [-0.3, -0.25) is 10.1 Å². The zero-order valence-corrected chi connectivity index (χ0v) is 8.41. The summed E-state index contributed by atoms with van der Waals surface area (Å²) in [4.78, 5) is 14.1. The van der Waals surface area contributed by atoms with Gasteiger partial charge in [0.2, 0.25) is 0 Å². The largest absolute Gasteiger partial charge is 0.324 e. The van der Waals surface area contributed by atoms with E-state index in [4.69, 9.17) is 5.73 Å². The zero-order chi connectivity index (χ0) is 11.5. The summed E-state index contributed by atoms with van der Waals surface area (Å²) in [6.07, 6.45) is 3.41. The molecule has 0 saturated carbocycles. The molecule has 0 saturated heterocycles. The molecule has 0 aliphatic rings. The molecule has 1 aromatic carbocycles. The van der Waals surface area contributed by atoms with Crippen LogP contribution in [0, 0.1) is 10.1 Å². The van der Waals surface area contributed by atoms with Gasteiger partial charge in [-0.05, 0) is 12.1 Å². The van der Waals surface area contributed by atoms with Crippen molar-refractivity contribution in [3.05, 3.63) is 52.6 Å². The van der Waals surface area contributed by atoms with Gasteiger partial charge < -0.3 is 10.3 Å². The van der Waals surface area contributed by atoms with Crippen LogP contribution in [-0.4, -0.2) is 14.5 Å². The normalized spacial score (nSPS) is 10.3. The third-order valence-corrected chi connectivity index (χ3v) is 2.24. The van der Waals surface area contributed by atoms with Crippen LogP contribution in [0.1, 0.15) is 5.82 Å². The smallest absolute Gasteiger partial charge is 0.269 e. The Bertz CT molecular complexity index is 504. The Morgan fingerprint density at radius 3 is 2.62 bits per heavy atom. The molecule has 0 aliphatic carbocycles. The van der Waals surface area contributed by atoms with Crippen LogP contribution in [0.4, 0.5) is 5.69 Å². The van der Waals surface area contributed by atoms with E-state index in [0.29, 0.717) is 12.4 Å². The van der Waals surface area contributed by atoms with Crippen molar-refractivity contribution in [2.24, 2.45) is 5.73 Å². The Labute approximate surface area is 91.5 Å². The number of nitrogens with zero attached hydrogens (tertiary/aromatic N) is 3. The SMILES string of the molecule is NCc1nccn1-c1ccc([N+](=O)[O-])cc1. The molecule has 2 N–H and O–H groups in total. The predicted octanol–water partition coefficient (Wildman–Crippen LogP) is 1.24. The standard InChI is InChI=1S/C10H10N4O2/c11-7-10-12-5-6-13(10)8-1-3-9(4-2-8)14(15)16/h1-6H,7,11H2. The van der Waals surface area contributed by atoms with Gasteiger partial charge in [0.05, 0.1) is 11.5 Å². The predicted molar refractivity (Wildman–Crippen MR) is 58.1 cm³/mol. The van der Waals surface area contributed by atoms with Gasteiger partial charge >= 0.3 is 0 Å². The lowest BCUT2D eigenvalue weighted by molar-refractivity contribution is -0.384. The number of nitrogens with two attached hydrogens (primary N) is 1. The number of nitro groups is 1. The number of non-ortho nitro benzene ring substituents is 1. The monoisotopic (exact) mass is 218 g/mol. The van der Waals surface area contributed by atoms with E-state index in [-0.39, 0.29) is 5.69 Å². The van der Waals surface area contributed by atoms with Gasteiger partial charge in [-0.25, -0.2) is 4.98 Å². The van der Waals surface area contributed by atoms with Gasteiger partial charge in [0.15, 0.2) is 0 Å². The molecule has 0 unspecified atom stereocenters. The number of rotatable bonds is 3. The van der Waals surface area contributed by atoms with Crippen molar-refractivity contribution in [2.75, 3.05) is 0 Å². The van der Waals surface area contributed by atoms with Gasteiger partial charge in [-0.2, -0.15) is 0 Å². The summed E-state index contributed by atoms with van der Waals surface area (Å²) >= 11 is 0. The quantitative estimate of drug-likeness (QED) is 0.620. The highest BCUT2D eigenvalue weighted by atomic mass is 16.6. The summed E-state index contributed by atoms with van der Waals surface area (Å²) in [7, 11) is 0. The number of aromatic nitrogens is 2. The molecule has 1 aromatic heterocycles. The highest BCUT2D eigenvalue weighted by Gasteiger charge is 2.06. The maximum absolute atomic E-state index is 10.5. The summed E-state index contributed by atoms with van der Waals surface area (Å²) in [5, 5.41) is 10.5. The lowest BCUT2D eigenvalue weighted by Crippen LogP contribution is -2.06. The van der Waals surface area contributed by atoms with Crippen LogP contribution in [0.3, 0.4) is 0 Å². The van der Waals surface area contributed by atoms with Crippen molar-refractivity contribution in [1.82, 2.24) is 9.55 Å². The van der Waals surface area contributed by atoms with E-state index in [1.54, 1.807) is 29.1 Å². The molecule has 0 atom stereocenters. The second kappa shape index (κ2) is 4.11. The minimum atomic E-state index is -0.429. The summed E-state index contributed by atoms with van der Waals surface area (Å²) in [5.41, 5.74) is 6.40. The van der Waals surface area contributed by atoms with Crippen LogP contribution in [0.15, 0.2) is 36.7 Å². The molecule has 82 valence electrons. The first-order valence-electron chi connectivity index (χ1n) is 4.69. The van der Waals surface area contributed by atoms with E-state index in [9.17, 15) is 10.1 Å². The van der Waals surface area contributed by atoms with Gasteiger partial charge in [-0.15, -0.1) is 0 Å². The second-order valence-electron chi connectivity index (χ2n) is 3.19. The van der Waals surface area contributed by atoms with Gasteiger partial charge in [0, 0.05) is 30.2 Å². The van der Waals surface area contributed by atoms with Crippen molar-refractivity contribution in [3.8, 4) is 5.69 Å². The van der Waals surface area contributed by atoms with E-state index >= 15 is 0 Å². The van der Waals surface area contributed by atoms with E-state index in [1.807, 2.05) is 0 Å². The fourth-order valence-corrected chi connectivity index (χ4v) is 1.46. The third kappa shape index (κ3) is 1.78. The molecule has 0 bridgehead atoms. The van der Waals surface area contributed by atoms with E-state index in [2.05, 4.69) is 4.98 Å². The van der Waals surface area contributed by atoms with Crippen LogP contribution in [0.25, 0.3) is 5.69 Å². The van der Waals surface area contributed by atoms with Crippen LogP contribution in [-0.2, 0) is 6.54 Å². The molecule has 0 radical (unpaired) electrons. The van der Waals surface area contributed by atoms with E-state index in [0.717, 1.165) is 5.69 Å². The highest BCUT2D eigenvalue weighted by Crippen LogP contribution is 2.16. The Hall–Kier alpha value is -2.21. The Kier molecular flexibility index (Phi) is 2.65. The molecular weight excluding hydrogens is 208 g/mol. The lowest BCUT2D eigenvalue weighted by Gasteiger charge is -2.05. The van der Waals surface area contributed by atoms with Gasteiger partial charge in [-0.1, -0.05) is 0 Å². The molecule has 1 heterocycles. The van der Waals surface area contributed by atoms with E-state index < -0.39 is 4.92 Å². The Morgan fingerprint density at radius 2 is 2.06 bits per heavy atom. The van der Waals surface area contributed by atoms with Crippen LogP contribution in [0.2, 0.25) is 0 Å². The summed E-state index contributed by atoms with van der Waals surface area (Å²) in [5.74, 6) is 0.717. The molecule has 0 amide bonds. The maximum Gasteiger partial charge on any atom is 0.269 e. The van der Waals surface area contributed by atoms with Crippen LogP contribution < -0.4 is 5.73 Å². The summed E-state index contributed by atoms with van der Waals surface area (Å²) in [6.45, 7) is 0.323. The van der Waals surface area contributed by atoms with Crippen molar-refractivity contribution < 1.29 is 4.92 Å². The molecular formula is C10H10N4O2. The van der Waals surface area contributed by atoms with Crippen molar-refractivity contribution >= 4 is 5.69 Å². The number of imidazole rings is 1. The zero-order valence-electron chi connectivity index (χ0n) is 8.41. The summed E-state index contributed by atoms with van der Waals surface area (Å²) < 4.78 is 1.80. The molecule has 0 spiro atoms. The van der Waals surface area contributed by atoms with Crippen LogP contribution in [0.5, 0.6) is 0 Å². The van der Waals surface area contributed by atoms with Crippen molar-refractivity contribution in [2.45, 2.75) is 6.54 Å². The lowest BCUT2D eigenvalue weighted by atomic mass is 10.3. The first-order valence-corrected chi connectivity index (χ1v) is 4.69. The number of benzene rings is 1. The Balaban J connectivity index is 2.38. The van der Waals surface area contributed by atoms with Crippen molar-refractivity contribution in [3.63, 3.8) is 0 Å². The van der Waals surface area contributed by atoms with Gasteiger partial charge in [0.1, 0.15) is 5.82 Å². The Morgan fingerprint density at radius 1 is 1.38 bits per heavy atom. The summed E-state index contributed by atoms with van der Waals surface area (Å²) in [6, 6.07) is 6.24. The maximum atomic E-state index is 10.5. The van der Waals surface area contributed by atoms with E-state index in [1.165, 1.54) is 12.1 Å². The number of hydrogen-bond acceptors (Lipinski definition) is 4. The molecule has 2 rings (SSSR count). The number of hydrogen-bond donors (Lipinski definition) is 1. The molecule has 2 aromatic rings. The molecule has 6 heteroatoms. The van der Waals surface area contributed by atoms with Crippen LogP contribution >= 0.6 is 0 Å². The molecule has 0 aliphatic heterocycles. The minimum Gasteiger partial charge on any atom is -0.324 e. The number of nitro benzene ring substituents is 1. The topological polar surface area (TPSA) is 87.0 Å². The third-order valence-electron chi connectivity index (χ3n) is 2.24. The highest BCUT2D eigenvalue weighted by molar-refractivity contribution is 5.41. The fraction of sp³-hybridized carbons (Fsp3) is 0.100. The van der Waals surface area contributed by atoms with Crippen molar-refractivity contribution in [1.29, 1.82) is 0 Å². The van der Waals surface area contributed by atoms with Gasteiger partial charge in [0.25, 0.3) is 5.69 Å². The molecule has 16 heavy (non-hydrogen) atoms. The second-order valence-corrected chi connectivity index (χ2v) is 3.19. The average molecular weight is 218 g/mol. The minimum absolute atomic E-state index is 0.0677. The first-order chi connectivity index (χ1) is 7.72. The first kappa shape index (κ1) is 10.3. The fourth-order valence-electron chi connectivity index (χ4n) is 1.46.